The molecule has 2 aromatic rings. The van der Waals surface area contributed by atoms with E-state index in [1.807, 2.05) is 17.7 Å². The SMILES string of the molecule is Cc1cscc1CNS(=O)(=O)c1c(C)oc(C)c1CN. The molecule has 0 atom stereocenters. The van der Waals surface area contributed by atoms with Crippen LogP contribution in [0.4, 0.5) is 0 Å². The monoisotopic (exact) mass is 314 g/mol. The number of thiophene rings is 1. The van der Waals surface area contributed by atoms with E-state index in [9.17, 15) is 8.42 Å². The van der Waals surface area contributed by atoms with Crippen molar-refractivity contribution in [3.8, 4) is 0 Å². The summed E-state index contributed by atoms with van der Waals surface area (Å²) in [7, 11) is -3.62. The van der Waals surface area contributed by atoms with Crippen LogP contribution in [0.5, 0.6) is 0 Å². The lowest BCUT2D eigenvalue weighted by molar-refractivity contribution is 0.494. The van der Waals surface area contributed by atoms with Gasteiger partial charge in [-0.25, -0.2) is 13.1 Å². The molecular weight excluding hydrogens is 296 g/mol. The van der Waals surface area contributed by atoms with Crippen LogP contribution in [0.15, 0.2) is 20.1 Å². The molecule has 20 heavy (non-hydrogen) atoms. The number of furan rings is 1. The first kappa shape index (κ1) is 15.2. The lowest BCUT2D eigenvalue weighted by Crippen LogP contribution is -2.25. The molecule has 0 aliphatic carbocycles. The first-order valence-corrected chi connectivity index (χ1v) is 8.59. The summed E-state index contributed by atoms with van der Waals surface area (Å²) in [6.45, 7) is 5.72. The van der Waals surface area contributed by atoms with Gasteiger partial charge in [0.25, 0.3) is 0 Å². The van der Waals surface area contributed by atoms with Gasteiger partial charge in [0.15, 0.2) is 0 Å². The Morgan fingerprint density at radius 3 is 2.50 bits per heavy atom. The molecule has 0 aliphatic rings. The van der Waals surface area contributed by atoms with Gasteiger partial charge in [-0.1, -0.05) is 0 Å². The Labute approximate surface area is 122 Å². The topological polar surface area (TPSA) is 85.3 Å². The van der Waals surface area contributed by atoms with Gasteiger partial charge >= 0.3 is 0 Å². The lowest BCUT2D eigenvalue weighted by Gasteiger charge is -2.07. The third-order valence-electron chi connectivity index (χ3n) is 3.21. The fourth-order valence-electron chi connectivity index (χ4n) is 2.11. The van der Waals surface area contributed by atoms with Crippen LogP contribution in [0.3, 0.4) is 0 Å². The average molecular weight is 314 g/mol. The fraction of sp³-hybridized carbons (Fsp3) is 0.385. The highest BCUT2D eigenvalue weighted by atomic mass is 32.2. The van der Waals surface area contributed by atoms with Gasteiger partial charge in [-0.15, -0.1) is 0 Å². The van der Waals surface area contributed by atoms with Crippen molar-refractivity contribution in [1.29, 1.82) is 0 Å². The summed E-state index contributed by atoms with van der Waals surface area (Å²) in [5, 5.41) is 3.93. The van der Waals surface area contributed by atoms with Crippen LogP contribution in [0, 0.1) is 20.8 Å². The molecule has 0 bridgehead atoms. The molecule has 0 unspecified atom stereocenters. The van der Waals surface area contributed by atoms with Gasteiger partial charge < -0.3 is 10.2 Å². The van der Waals surface area contributed by atoms with Crippen LogP contribution < -0.4 is 10.5 Å². The summed E-state index contributed by atoms with van der Waals surface area (Å²) in [6.07, 6.45) is 0. The molecule has 7 heteroatoms. The second-order valence-corrected chi connectivity index (χ2v) is 7.08. The largest absolute Gasteiger partial charge is 0.465 e. The van der Waals surface area contributed by atoms with E-state index in [4.69, 9.17) is 10.2 Å². The van der Waals surface area contributed by atoms with Gasteiger partial charge in [-0.2, -0.15) is 11.3 Å². The van der Waals surface area contributed by atoms with Crippen LogP contribution in [-0.2, 0) is 23.1 Å². The maximum atomic E-state index is 12.4. The minimum Gasteiger partial charge on any atom is -0.465 e. The molecule has 0 saturated heterocycles. The van der Waals surface area contributed by atoms with Crippen LogP contribution in [0.25, 0.3) is 0 Å². The highest BCUT2D eigenvalue weighted by Crippen LogP contribution is 2.26. The van der Waals surface area contributed by atoms with E-state index < -0.39 is 10.0 Å². The minimum absolute atomic E-state index is 0.136. The predicted octanol–water partition coefficient (Wildman–Crippen LogP) is 2.20. The summed E-state index contributed by atoms with van der Waals surface area (Å²) < 4.78 is 32.9. The van der Waals surface area contributed by atoms with Crippen molar-refractivity contribution in [3.05, 3.63) is 39.0 Å². The van der Waals surface area contributed by atoms with Crippen LogP contribution in [-0.4, -0.2) is 8.42 Å². The number of rotatable bonds is 5. The molecule has 2 rings (SSSR count). The Morgan fingerprint density at radius 1 is 1.25 bits per heavy atom. The number of hydrogen-bond donors (Lipinski definition) is 2. The Morgan fingerprint density at radius 2 is 1.95 bits per heavy atom. The first-order chi connectivity index (χ1) is 9.36. The fourth-order valence-corrected chi connectivity index (χ4v) is 4.43. The molecule has 0 aliphatic heterocycles. The number of aryl methyl sites for hydroxylation is 3. The molecule has 0 spiro atoms. The van der Waals surface area contributed by atoms with Crippen molar-refractivity contribution in [3.63, 3.8) is 0 Å². The molecule has 0 amide bonds. The maximum absolute atomic E-state index is 12.4. The van der Waals surface area contributed by atoms with Crippen molar-refractivity contribution in [2.45, 2.75) is 38.8 Å². The van der Waals surface area contributed by atoms with E-state index in [0.717, 1.165) is 11.1 Å². The van der Waals surface area contributed by atoms with Gasteiger partial charge in [0.05, 0.1) is 0 Å². The third kappa shape index (κ3) is 2.80. The summed E-state index contributed by atoms with van der Waals surface area (Å²) in [6, 6.07) is 0. The molecule has 2 heterocycles. The van der Waals surface area contributed by atoms with Gasteiger partial charge in [0.1, 0.15) is 16.4 Å². The van der Waals surface area contributed by atoms with Crippen molar-refractivity contribution in [2.75, 3.05) is 0 Å². The van der Waals surface area contributed by atoms with Crippen molar-refractivity contribution in [1.82, 2.24) is 4.72 Å². The Balaban J connectivity index is 2.29. The van der Waals surface area contributed by atoms with Gasteiger partial charge in [-0.05, 0) is 42.7 Å². The van der Waals surface area contributed by atoms with Crippen LogP contribution >= 0.6 is 11.3 Å². The van der Waals surface area contributed by atoms with E-state index >= 15 is 0 Å². The van der Waals surface area contributed by atoms with Crippen molar-refractivity contribution >= 4 is 21.4 Å². The summed E-state index contributed by atoms with van der Waals surface area (Å²) in [5.74, 6) is 0.926. The van der Waals surface area contributed by atoms with E-state index in [1.165, 1.54) is 0 Å². The number of sulfonamides is 1. The van der Waals surface area contributed by atoms with E-state index in [2.05, 4.69) is 4.72 Å². The molecule has 5 nitrogen and oxygen atoms in total. The zero-order chi connectivity index (χ0) is 14.9. The lowest BCUT2D eigenvalue weighted by atomic mass is 10.2. The molecule has 0 saturated carbocycles. The van der Waals surface area contributed by atoms with Crippen LogP contribution in [0.1, 0.15) is 28.2 Å². The van der Waals surface area contributed by atoms with Gasteiger partial charge in [0, 0.05) is 18.7 Å². The predicted molar refractivity (Wildman–Crippen MR) is 79.2 cm³/mol. The van der Waals surface area contributed by atoms with Crippen LogP contribution in [0.2, 0.25) is 0 Å². The van der Waals surface area contributed by atoms with E-state index in [1.54, 1.807) is 25.2 Å². The highest BCUT2D eigenvalue weighted by Gasteiger charge is 2.26. The number of hydrogen-bond acceptors (Lipinski definition) is 5. The van der Waals surface area contributed by atoms with Crippen molar-refractivity contribution < 1.29 is 12.8 Å². The molecule has 0 fully saturated rings. The maximum Gasteiger partial charge on any atom is 0.244 e. The molecule has 2 aromatic heterocycles. The molecular formula is C13H18N2O3S2. The quantitative estimate of drug-likeness (QED) is 0.886. The zero-order valence-corrected chi connectivity index (χ0v) is 13.3. The first-order valence-electron chi connectivity index (χ1n) is 6.17. The minimum atomic E-state index is -3.62. The summed E-state index contributed by atoms with van der Waals surface area (Å²) in [4.78, 5) is 0.172. The highest BCUT2D eigenvalue weighted by molar-refractivity contribution is 7.89. The summed E-state index contributed by atoms with van der Waals surface area (Å²) in [5.41, 5.74) is 8.22. The second kappa shape index (κ2) is 5.69. The second-order valence-electron chi connectivity index (χ2n) is 4.63. The number of nitrogens with two attached hydrogens (primary N) is 1. The normalized spacial score (nSPS) is 12.0. The average Bonchev–Trinajstić information content (AvgIpc) is 2.90. The molecule has 110 valence electrons. The van der Waals surface area contributed by atoms with Gasteiger partial charge in [0.2, 0.25) is 10.0 Å². The Bertz CT molecular complexity index is 714. The molecule has 0 aromatic carbocycles. The number of nitrogens with one attached hydrogen (secondary N) is 1. The van der Waals surface area contributed by atoms with Crippen molar-refractivity contribution in [2.24, 2.45) is 5.73 Å². The standard InChI is InChI=1S/C13H18N2O3S2/c1-8-6-19-7-11(8)5-15-20(16,17)13-10(3)18-9(2)12(13)4-14/h6-7,15H,4-5,14H2,1-3H3. The van der Waals surface area contributed by atoms with E-state index in [-0.39, 0.29) is 18.0 Å². The smallest absolute Gasteiger partial charge is 0.244 e. The third-order valence-corrected chi connectivity index (χ3v) is 5.72. The Kier molecular flexibility index (Phi) is 4.33. The zero-order valence-electron chi connectivity index (χ0n) is 11.7. The molecule has 0 radical (unpaired) electrons. The Hall–Kier alpha value is -1.15. The molecule has 3 N–H and O–H groups in total. The summed E-state index contributed by atoms with van der Waals surface area (Å²) >= 11 is 1.55. The van der Waals surface area contributed by atoms with E-state index in [0.29, 0.717) is 17.1 Å². The van der Waals surface area contributed by atoms with Gasteiger partial charge in [-0.3, -0.25) is 0 Å².